The molecule has 5 heteroatoms. The smallest absolute Gasteiger partial charge is 0.160 e. The van der Waals surface area contributed by atoms with Crippen LogP contribution in [0.5, 0.6) is 0 Å². The maximum absolute atomic E-state index is 4.64. The number of hydrogen-bond acceptors (Lipinski definition) is 4. The van der Waals surface area contributed by atoms with Gasteiger partial charge < -0.3 is 4.90 Å². The van der Waals surface area contributed by atoms with Crippen LogP contribution in [0.1, 0.15) is 28.1 Å². The molecule has 0 spiro atoms. The largest absolute Gasteiger partial charge is 0.355 e. The highest BCUT2D eigenvalue weighted by molar-refractivity contribution is 5.56. The Morgan fingerprint density at radius 2 is 1.95 bits per heavy atom. The van der Waals surface area contributed by atoms with E-state index in [2.05, 4.69) is 53.0 Å². The van der Waals surface area contributed by atoms with Crippen molar-refractivity contribution >= 4 is 11.5 Å². The quantitative estimate of drug-likeness (QED) is 0.745. The monoisotopic (exact) mass is 295 g/mol. The average molecular weight is 295 g/mol. The van der Waals surface area contributed by atoms with Crippen LogP contribution >= 0.6 is 0 Å². The second-order valence-corrected chi connectivity index (χ2v) is 5.86. The summed E-state index contributed by atoms with van der Waals surface area (Å²) in [5.41, 5.74) is 6.56. The summed E-state index contributed by atoms with van der Waals surface area (Å²) in [4.78, 5) is 11.0. The first-order valence-corrected chi connectivity index (χ1v) is 7.41. The lowest BCUT2D eigenvalue weighted by Crippen LogP contribution is -2.21. The average Bonchev–Trinajstić information content (AvgIpc) is 2.76. The van der Waals surface area contributed by atoms with Crippen LogP contribution in [0.2, 0.25) is 0 Å². The zero-order valence-electron chi connectivity index (χ0n) is 13.8. The molecule has 0 radical (unpaired) electrons. The molecule has 3 heterocycles. The van der Waals surface area contributed by atoms with Gasteiger partial charge in [-0.2, -0.15) is 9.61 Å². The molecule has 0 bridgehead atoms. The van der Waals surface area contributed by atoms with Gasteiger partial charge in [0.05, 0.1) is 5.69 Å². The molecule has 0 aliphatic heterocycles. The van der Waals surface area contributed by atoms with Crippen LogP contribution in [0, 0.1) is 27.7 Å². The predicted molar refractivity (Wildman–Crippen MR) is 88.3 cm³/mol. The van der Waals surface area contributed by atoms with E-state index in [9.17, 15) is 0 Å². The van der Waals surface area contributed by atoms with Gasteiger partial charge in [0, 0.05) is 43.3 Å². The Morgan fingerprint density at radius 1 is 1.18 bits per heavy atom. The van der Waals surface area contributed by atoms with Crippen molar-refractivity contribution in [3.8, 4) is 0 Å². The minimum Gasteiger partial charge on any atom is -0.355 e. The van der Waals surface area contributed by atoms with Crippen LogP contribution in [0.4, 0.5) is 5.82 Å². The summed E-state index contributed by atoms with van der Waals surface area (Å²) in [6.07, 6.45) is 3.74. The molecule has 0 saturated heterocycles. The van der Waals surface area contributed by atoms with Crippen LogP contribution < -0.4 is 4.90 Å². The van der Waals surface area contributed by atoms with Gasteiger partial charge in [-0.05, 0) is 44.9 Å². The van der Waals surface area contributed by atoms with Crippen molar-refractivity contribution < 1.29 is 0 Å². The molecule has 5 nitrogen and oxygen atoms in total. The fourth-order valence-corrected chi connectivity index (χ4v) is 2.62. The highest BCUT2D eigenvalue weighted by atomic mass is 15.3. The molecule has 3 aromatic heterocycles. The standard InChI is InChI=1S/C17H21N5/c1-11-9-18-7-6-15(11)10-21(5)16-8-12(2)19-17-13(3)14(4)20-22(16)17/h6-9H,10H2,1-5H3. The number of anilines is 1. The van der Waals surface area contributed by atoms with Gasteiger partial charge in [0.15, 0.2) is 5.65 Å². The summed E-state index contributed by atoms with van der Waals surface area (Å²) >= 11 is 0. The first kappa shape index (κ1) is 14.5. The zero-order chi connectivity index (χ0) is 15.9. The van der Waals surface area contributed by atoms with Gasteiger partial charge in [-0.1, -0.05) is 0 Å². The fraction of sp³-hybridized carbons (Fsp3) is 0.353. The maximum Gasteiger partial charge on any atom is 0.160 e. The SMILES string of the molecule is Cc1cc(N(C)Cc2ccncc2C)n2nc(C)c(C)c2n1. The molecule has 0 aliphatic carbocycles. The molecule has 0 aromatic carbocycles. The number of fused-ring (bicyclic) bond motifs is 1. The van der Waals surface area contributed by atoms with Crippen LogP contribution in [0.15, 0.2) is 24.5 Å². The summed E-state index contributed by atoms with van der Waals surface area (Å²) in [5.74, 6) is 1.05. The topological polar surface area (TPSA) is 46.3 Å². The van der Waals surface area contributed by atoms with E-state index in [4.69, 9.17) is 0 Å². The molecule has 22 heavy (non-hydrogen) atoms. The fourth-order valence-electron chi connectivity index (χ4n) is 2.62. The Balaban J connectivity index is 2.06. The third-order valence-electron chi connectivity index (χ3n) is 4.10. The molecule has 0 saturated carbocycles. The molecular weight excluding hydrogens is 274 g/mol. The molecule has 0 fully saturated rings. The first-order chi connectivity index (χ1) is 10.5. The third-order valence-corrected chi connectivity index (χ3v) is 4.10. The second kappa shape index (κ2) is 5.40. The lowest BCUT2D eigenvalue weighted by atomic mass is 10.1. The molecule has 0 atom stereocenters. The van der Waals surface area contributed by atoms with Crippen molar-refractivity contribution in [2.24, 2.45) is 0 Å². The normalized spacial score (nSPS) is 11.1. The van der Waals surface area contributed by atoms with Crippen LogP contribution in [-0.2, 0) is 6.54 Å². The molecule has 0 N–H and O–H groups in total. The van der Waals surface area contributed by atoms with E-state index in [1.807, 2.05) is 30.8 Å². The summed E-state index contributed by atoms with van der Waals surface area (Å²) in [5, 5.41) is 4.64. The minimum absolute atomic E-state index is 0.810. The van der Waals surface area contributed by atoms with Gasteiger partial charge in [-0.15, -0.1) is 0 Å². The van der Waals surface area contributed by atoms with Crippen LogP contribution in [-0.4, -0.2) is 26.6 Å². The Bertz CT molecular complexity index is 834. The Morgan fingerprint density at radius 3 is 2.68 bits per heavy atom. The highest BCUT2D eigenvalue weighted by Crippen LogP contribution is 2.22. The lowest BCUT2D eigenvalue weighted by Gasteiger charge is -2.21. The van der Waals surface area contributed by atoms with E-state index in [0.717, 1.165) is 35.0 Å². The number of aryl methyl sites for hydroxylation is 4. The van der Waals surface area contributed by atoms with E-state index >= 15 is 0 Å². The number of rotatable bonds is 3. The van der Waals surface area contributed by atoms with Gasteiger partial charge in [0.2, 0.25) is 0 Å². The van der Waals surface area contributed by atoms with Crippen molar-refractivity contribution in [2.45, 2.75) is 34.2 Å². The Kier molecular flexibility index (Phi) is 3.56. The number of hydrogen-bond donors (Lipinski definition) is 0. The van der Waals surface area contributed by atoms with Gasteiger partial charge in [0.25, 0.3) is 0 Å². The lowest BCUT2D eigenvalue weighted by molar-refractivity contribution is 0.817. The number of aromatic nitrogens is 4. The summed E-state index contributed by atoms with van der Waals surface area (Å²) in [6, 6.07) is 4.14. The Hall–Kier alpha value is -2.43. The minimum atomic E-state index is 0.810. The molecule has 0 aliphatic rings. The van der Waals surface area contributed by atoms with Crippen molar-refractivity contribution in [3.63, 3.8) is 0 Å². The van der Waals surface area contributed by atoms with Crippen molar-refractivity contribution in [3.05, 3.63) is 52.6 Å². The van der Waals surface area contributed by atoms with E-state index < -0.39 is 0 Å². The van der Waals surface area contributed by atoms with Crippen molar-refractivity contribution in [1.82, 2.24) is 19.6 Å². The maximum atomic E-state index is 4.64. The number of pyridine rings is 1. The van der Waals surface area contributed by atoms with E-state index in [0.29, 0.717) is 0 Å². The predicted octanol–water partition coefficient (Wildman–Crippen LogP) is 2.99. The first-order valence-electron chi connectivity index (χ1n) is 7.41. The summed E-state index contributed by atoms with van der Waals surface area (Å²) in [6.45, 7) is 9.02. The second-order valence-electron chi connectivity index (χ2n) is 5.86. The van der Waals surface area contributed by atoms with Gasteiger partial charge in [-0.25, -0.2) is 4.98 Å². The summed E-state index contributed by atoms with van der Waals surface area (Å²) < 4.78 is 1.94. The van der Waals surface area contributed by atoms with Gasteiger partial charge in [-0.3, -0.25) is 4.98 Å². The van der Waals surface area contributed by atoms with E-state index in [1.165, 1.54) is 11.1 Å². The van der Waals surface area contributed by atoms with Crippen molar-refractivity contribution in [2.75, 3.05) is 11.9 Å². The third kappa shape index (κ3) is 2.43. The zero-order valence-corrected chi connectivity index (χ0v) is 13.8. The Labute approximate surface area is 130 Å². The number of nitrogens with zero attached hydrogens (tertiary/aromatic N) is 5. The molecule has 3 rings (SSSR count). The van der Waals surface area contributed by atoms with E-state index in [1.54, 1.807) is 0 Å². The molecular formula is C17H21N5. The molecule has 114 valence electrons. The summed E-state index contributed by atoms with van der Waals surface area (Å²) in [7, 11) is 2.08. The van der Waals surface area contributed by atoms with Crippen LogP contribution in [0.25, 0.3) is 5.65 Å². The van der Waals surface area contributed by atoms with Crippen LogP contribution in [0.3, 0.4) is 0 Å². The van der Waals surface area contributed by atoms with Gasteiger partial charge in [0.1, 0.15) is 5.82 Å². The van der Waals surface area contributed by atoms with Gasteiger partial charge >= 0.3 is 0 Å². The van der Waals surface area contributed by atoms with E-state index in [-0.39, 0.29) is 0 Å². The molecule has 0 amide bonds. The van der Waals surface area contributed by atoms with Crippen molar-refractivity contribution in [1.29, 1.82) is 0 Å². The molecule has 3 aromatic rings. The molecule has 0 unspecified atom stereocenters. The highest BCUT2D eigenvalue weighted by Gasteiger charge is 2.14.